The molecule has 9 nitrogen and oxygen atoms in total. The number of rotatable bonds is 5. The second-order valence-corrected chi connectivity index (χ2v) is 3.10. The highest BCUT2D eigenvalue weighted by Gasteiger charge is 2.25. The van der Waals surface area contributed by atoms with E-state index in [9.17, 15) is 19.7 Å². The van der Waals surface area contributed by atoms with Crippen LogP contribution in [0.5, 0.6) is 0 Å². The highest BCUT2D eigenvalue weighted by Crippen LogP contribution is 2.15. The molecule has 1 aromatic heterocycles. The number of carbonyl (C=O) groups is 2. The lowest BCUT2D eigenvalue weighted by Gasteiger charge is -1.99. The number of nitro groups is 1. The average molecular weight is 242 g/mol. The summed E-state index contributed by atoms with van der Waals surface area (Å²) in [6.07, 6.45) is 1.51. The fourth-order valence-corrected chi connectivity index (χ4v) is 1.05. The van der Waals surface area contributed by atoms with Crippen molar-refractivity contribution >= 4 is 17.6 Å². The summed E-state index contributed by atoms with van der Waals surface area (Å²) in [6.45, 7) is 1.77. The minimum Gasteiger partial charge on any atom is -0.364 e. The summed E-state index contributed by atoms with van der Waals surface area (Å²) in [6, 6.07) is 0. The smallest absolute Gasteiger partial charge is 0.334 e. The number of primary amides is 1. The predicted molar refractivity (Wildman–Crippen MR) is 53.9 cm³/mol. The van der Waals surface area contributed by atoms with E-state index in [1.807, 2.05) is 0 Å². The first-order chi connectivity index (χ1) is 7.95. The molecule has 0 saturated heterocycles. The van der Waals surface area contributed by atoms with Gasteiger partial charge in [0, 0.05) is 6.42 Å². The number of hydrogen-bond donors (Lipinski definition) is 1. The Balaban J connectivity index is 2.96. The Labute approximate surface area is 95.2 Å². The van der Waals surface area contributed by atoms with E-state index < -0.39 is 28.2 Å². The molecule has 0 radical (unpaired) electrons. The number of aromatic nitrogens is 2. The largest absolute Gasteiger partial charge is 0.364 e. The third-order valence-electron chi connectivity index (χ3n) is 1.75. The molecule has 0 fully saturated rings. The molecule has 0 aliphatic heterocycles. The minimum atomic E-state index is -1.07. The molecule has 1 amide bonds. The van der Waals surface area contributed by atoms with Crippen molar-refractivity contribution in [2.75, 3.05) is 0 Å². The van der Waals surface area contributed by atoms with Gasteiger partial charge in [0.05, 0.1) is 4.92 Å². The summed E-state index contributed by atoms with van der Waals surface area (Å²) >= 11 is 0. The lowest BCUT2D eigenvalue weighted by Crippen LogP contribution is -2.21. The topological polar surface area (TPSA) is 130 Å². The SMILES string of the molecule is CCCC(=O)On1cc([N+](=O)[O-])c(C(N)=O)n1. The Kier molecular flexibility index (Phi) is 3.75. The van der Waals surface area contributed by atoms with E-state index in [1.165, 1.54) is 0 Å². The third-order valence-corrected chi connectivity index (χ3v) is 1.75. The van der Waals surface area contributed by atoms with Gasteiger partial charge in [0.2, 0.25) is 5.69 Å². The molecule has 0 spiro atoms. The molecule has 17 heavy (non-hydrogen) atoms. The number of carbonyl (C=O) groups excluding carboxylic acids is 2. The Hall–Kier alpha value is -2.45. The lowest BCUT2D eigenvalue weighted by atomic mass is 10.3. The summed E-state index contributed by atoms with van der Waals surface area (Å²) in [5.74, 6) is -1.68. The van der Waals surface area contributed by atoms with Gasteiger partial charge in [0.25, 0.3) is 5.91 Å². The molecule has 0 aliphatic carbocycles. The van der Waals surface area contributed by atoms with Crippen LogP contribution < -0.4 is 10.6 Å². The van der Waals surface area contributed by atoms with Gasteiger partial charge in [-0.2, -0.15) is 0 Å². The summed E-state index contributed by atoms with van der Waals surface area (Å²) in [5, 5.41) is 14.0. The molecule has 0 aromatic carbocycles. The molecule has 0 unspecified atom stereocenters. The van der Waals surface area contributed by atoms with Crippen molar-refractivity contribution < 1.29 is 19.3 Å². The zero-order chi connectivity index (χ0) is 13.0. The molecule has 0 saturated carbocycles. The van der Waals surface area contributed by atoms with Crippen LogP contribution in [0.15, 0.2) is 6.20 Å². The molecule has 0 bridgehead atoms. The number of amides is 1. The minimum absolute atomic E-state index is 0.138. The van der Waals surface area contributed by atoms with Crippen molar-refractivity contribution in [1.29, 1.82) is 0 Å². The van der Waals surface area contributed by atoms with Gasteiger partial charge < -0.3 is 10.6 Å². The summed E-state index contributed by atoms with van der Waals surface area (Å²) in [7, 11) is 0. The van der Waals surface area contributed by atoms with Gasteiger partial charge in [-0.1, -0.05) is 11.8 Å². The van der Waals surface area contributed by atoms with Crippen molar-refractivity contribution in [1.82, 2.24) is 9.94 Å². The zero-order valence-corrected chi connectivity index (χ0v) is 8.95. The molecular weight excluding hydrogens is 232 g/mol. The standard InChI is InChI=1S/C8H10N4O5/c1-2-3-6(13)17-11-4-5(12(15)16)7(10-11)8(9)14/h4H,2-3H2,1H3,(H2,9,14). The van der Waals surface area contributed by atoms with Crippen molar-refractivity contribution in [3.63, 3.8) is 0 Å². The Morgan fingerprint density at radius 3 is 2.71 bits per heavy atom. The molecule has 0 atom stereocenters. The van der Waals surface area contributed by atoms with Crippen LogP contribution in [0.4, 0.5) is 5.69 Å². The maximum absolute atomic E-state index is 11.1. The molecule has 1 heterocycles. The Morgan fingerprint density at radius 1 is 1.65 bits per heavy atom. The first-order valence-electron chi connectivity index (χ1n) is 4.70. The molecule has 2 N–H and O–H groups in total. The van der Waals surface area contributed by atoms with Gasteiger partial charge in [-0.05, 0) is 6.42 Å². The quantitative estimate of drug-likeness (QED) is 0.554. The molecule has 0 aliphatic rings. The van der Waals surface area contributed by atoms with Gasteiger partial charge in [-0.25, -0.2) is 4.79 Å². The normalized spacial score (nSPS) is 9.94. The van der Waals surface area contributed by atoms with E-state index in [4.69, 9.17) is 5.73 Å². The van der Waals surface area contributed by atoms with E-state index in [1.54, 1.807) is 6.92 Å². The van der Waals surface area contributed by atoms with Crippen LogP contribution in [-0.2, 0) is 4.79 Å². The van der Waals surface area contributed by atoms with Crippen molar-refractivity contribution in [3.05, 3.63) is 22.0 Å². The second-order valence-electron chi connectivity index (χ2n) is 3.10. The van der Waals surface area contributed by atoms with Crippen LogP contribution in [0, 0.1) is 10.1 Å². The monoisotopic (exact) mass is 242 g/mol. The van der Waals surface area contributed by atoms with Crippen LogP contribution >= 0.6 is 0 Å². The summed E-state index contributed by atoms with van der Waals surface area (Å²) in [4.78, 5) is 36.9. The van der Waals surface area contributed by atoms with Gasteiger partial charge in [0.15, 0.2) is 0 Å². The Morgan fingerprint density at radius 2 is 2.29 bits per heavy atom. The number of hydrogen-bond acceptors (Lipinski definition) is 6. The second kappa shape index (κ2) is 5.05. The fraction of sp³-hybridized carbons (Fsp3) is 0.375. The lowest BCUT2D eigenvalue weighted by molar-refractivity contribution is -0.385. The van der Waals surface area contributed by atoms with Crippen LogP contribution in [0.25, 0.3) is 0 Å². The molecule has 92 valence electrons. The van der Waals surface area contributed by atoms with E-state index in [2.05, 4.69) is 9.94 Å². The number of nitrogens with zero attached hydrogens (tertiary/aromatic N) is 3. The number of nitrogens with two attached hydrogens (primary N) is 1. The van der Waals surface area contributed by atoms with Crippen LogP contribution in [0.3, 0.4) is 0 Å². The maximum Gasteiger partial charge on any atom is 0.334 e. The van der Waals surface area contributed by atoms with Crippen LogP contribution in [-0.4, -0.2) is 26.7 Å². The summed E-state index contributed by atoms with van der Waals surface area (Å²) < 4.78 is 0. The summed E-state index contributed by atoms with van der Waals surface area (Å²) in [5.41, 5.74) is 3.73. The molecule has 9 heteroatoms. The van der Waals surface area contributed by atoms with E-state index in [0.29, 0.717) is 11.3 Å². The van der Waals surface area contributed by atoms with Gasteiger partial charge in [-0.3, -0.25) is 14.9 Å². The Bertz CT molecular complexity index is 435. The average Bonchev–Trinajstić information content (AvgIpc) is 2.62. The maximum atomic E-state index is 11.1. The van der Waals surface area contributed by atoms with Gasteiger partial charge in [-0.15, -0.1) is 5.10 Å². The molecule has 1 aromatic rings. The van der Waals surface area contributed by atoms with Crippen LogP contribution in [0.2, 0.25) is 0 Å². The highest BCUT2D eigenvalue weighted by atomic mass is 16.7. The van der Waals surface area contributed by atoms with E-state index >= 15 is 0 Å². The zero-order valence-electron chi connectivity index (χ0n) is 8.95. The molecule has 1 rings (SSSR count). The van der Waals surface area contributed by atoms with Crippen molar-refractivity contribution in [3.8, 4) is 0 Å². The predicted octanol–water partition coefficient (Wildman–Crippen LogP) is -0.354. The molecular formula is C8H10N4O5. The van der Waals surface area contributed by atoms with Crippen molar-refractivity contribution in [2.45, 2.75) is 19.8 Å². The van der Waals surface area contributed by atoms with E-state index in [0.717, 1.165) is 6.20 Å². The first kappa shape index (κ1) is 12.6. The fourth-order valence-electron chi connectivity index (χ4n) is 1.05. The van der Waals surface area contributed by atoms with Gasteiger partial charge >= 0.3 is 11.7 Å². The third kappa shape index (κ3) is 3.00. The van der Waals surface area contributed by atoms with Crippen molar-refractivity contribution in [2.24, 2.45) is 5.73 Å². The van der Waals surface area contributed by atoms with Crippen LogP contribution in [0.1, 0.15) is 30.3 Å². The highest BCUT2D eigenvalue weighted by molar-refractivity contribution is 5.94. The first-order valence-corrected chi connectivity index (χ1v) is 4.70. The van der Waals surface area contributed by atoms with Gasteiger partial charge in [0.1, 0.15) is 6.20 Å². The van der Waals surface area contributed by atoms with E-state index in [-0.39, 0.29) is 6.42 Å².